The Morgan fingerprint density at radius 3 is 2.57 bits per heavy atom. The first-order chi connectivity index (χ1) is 6.63. The minimum atomic E-state index is -1.19. The third kappa shape index (κ3) is 5.45. The number of carbonyl (C=O) groups is 1. The van der Waals surface area contributed by atoms with Crippen LogP contribution in [-0.4, -0.2) is 29.2 Å². The molecule has 1 N–H and O–H groups in total. The minimum Gasteiger partial charge on any atom is -0.464 e. The average molecular weight is 223 g/mol. The standard InChI is InChI=1S/C10H19ClO3/c1-3-5-6-7-8(11)9(12)10(13)14-4-2/h8-9,12H,3-7H2,1-2H3/t8-,9+/m0/s1. The second-order valence-electron chi connectivity index (χ2n) is 3.21. The van der Waals surface area contributed by atoms with Gasteiger partial charge in [0.2, 0.25) is 0 Å². The Kier molecular flexibility index (Phi) is 7.90. The number of aliphatic hydroxyl groups excluding tert-OH is 1. The van der Waals surface area contributed by atoms with E-state index in [1.165, 1.54) is 0 Å². The fourth-order valence-electron chi connectivity index (χ4n) is 1.12. The van der Waals surface area contributed by atoms with Crippen LogP contribution in [0.3, 0.4) is 0 Å². The van der Waals surface area contributed by atoms with E-state index in [1.807, 2.05) is 0 Å². The topological polar surface area (TPSA) is 46.5 Å². The quantitative estimate of drug-likeness (QED) is 0.408. The van der Waals surface area contributed by atoms with Crippen molar-refractivity contribution in [1.82, 2.24) is 0 Å². The first-order valence-electron chi connectivity index (χ1n) is 5.12. The van der Waals surface area contributed by atoms with Gasteiger partial charge in [0, 0.05) is 0 Å². The van der Waals surface area contributed by atoms with E-state index in [9.17, 15) is 9.90 Å². The summed E-state index contributed by atoms with van der Waals surface area (Å²) in [6, 6.07) is 0. The second-order valence-corrected chi connectivity index (χ2v) is 3.77. The molecule has 0 amide bonds. The lowest BCUT2D eigenvalue weighted by molar-refractivity contribution is -0.153. The Labute approximate surface area is 90.4 Å². The number of unbranched alkanes of at least 4 members (excludes halogenated alkanes) is 2. The van der Waals surface area contributed by atoms with Gasteiger partial charge in [-0.15, -0.1) is 11.6 Å². The normalized spacial score (nSPS) is 14.9. The summed E-state index contributed by atoms with van der Waals surface area (Å²) in [5.74, 6) is -0.621. The number of aliphatic hydroxyl groups is 1. The van der Waals surface area contributed by atoms with E-state index in [2.05, 4.69) is 11.7 Å². The number of ether oxygens (including phenoxy) is 1. The molecule has 0 aromatic carbocycles. The molecule has 2 atom stereocenters. The molecule has 4 heteroatoms. The van der Waals surface area contributed by atoms with Crippen LogP contribution >= 0.6 is 11.6 Å². The van der Waals surface area contributed by atoms with Crippen LogP contribution in [0.25, 0.3) is 0 Å². The van der Waals surface area contributed by atoms with Crippen molar-refractivity contribution in [2.75, 3.05) is 6.61 Å². The van der Waals surface area contributed by atoms with E-state index in [4.69, 9.17) is 11.6 Å². The number of hydrogen-bond donors (Lipinski definition) is 1. The molecule has 0 unspecified atom stereocenters. The van der Waals surface area contributed by atoms with E-state index >= 15 is 0 Å². The monoisotopic (exact) mass is 222 g/mol. The summed E-state index contributed by atoms with van der Waals surface area (Å²) in [5, 5.41) is 8.88. The number of halogens is 1. The SMILES string of the molecule is CCCCC[C@H](Cl)[C@@H](O)C(=O)OCC. The van der Waals surface area contributed by atoms with Crippen LogP contribution in [0.5, 0.6) is 0 Å². The first-order valence-corrected chi connectivity index (χ1v) is 5.55. The van der Waals surface area contributed by atoms with Crippen LogP contribution in [-0.2, 0) is 9.53 Å². The summed E-state index contributed by atoms with van der Waals surface area (Å²) < 4.78 is 4.66. The highest BCUT2D eigenvalue weighted by atomic mass is 35.5. The van der Waals surface area contributed by atoms with Gasteiger partial charge in [-0.25, -0.2) is 4.79 Å². The Bertz CT molecular complexity index is 161. The van der Waals surface area contributed by atoms with Gasteiger partial charge in [0.05, 0.1) is 12.0 Å². The van der Waals surface area contributed by atoms with Crippen molar-refractivity contribution in [1.29, 1.82) is 0 Å². The molecule has 0 rings (SSSR count). The lowest BCUT2D eigenvalue weighted by atomic mass is 10.1. The van der Waals surface area contributed by atoms with Crippen molar-refractivity contribution in [3.05, 3.63) is 0 Å². The third-order valence-electron chi connectivity index (χ3n) is 1.95. The van der Waals surface area contributed by atoms with Gasteiger partial charge in [-0.3, -0.25) is 0 Å². The summed E-state index contributed by atoms with van der Waals surface area (Å²) >= 11 is 5.85. The van der Waals surface area contributed by atoms with Crippen LogP contribution in [0.4, 0.5) is 0 Å². The maximum absolute atomic E-state index is 11.1. The molecule has 84 valence electrons. The van der Waals surface area contributed by atoms with Gasteiger partial charge in [-0.1, -0.05) is 26.2 Å². The number of esters is 1. The number of hydrogen-bond acceptors (Lipinski definition) is 3. The number of carbonyl (C=O) groups excluding carboxylic acids is 1. The lowest BCUT2D eigenvalue weighted by Gasteiger charge is -2.14. The Hall–Kier alpha value is -0.280. The molecule has 0 fully saturated rings. The smallest absolute Gasteiger partial charge is 0.336 e. The van der Waals surface area contributed by atoms with Crippen LogP contribution in [0.15, 0.2) is 0 Å². The van der Waals surface area contributed by atoms with E-state index in [0.29, 0.717) is 6.42 Å². The molecule has 0 aliphatic heterocycles. The van der Waals surface area contributed by atoms with Crippen molar-refractivity contribution in [3.8, 4) is 0 Å². The van der Waals surface area contributed by atoms with Crippen molar-refractivity contribution in [2.24, 2.45) is 0 Å². The Morgan fingerprint density at radius 1 is 1.43 bits per heavy atom. The highest BCUT2D eigenvalue weighted by Gasteiger charge is 2.24. The molecule has 0 aromatic rings. The summed E-state index contributed by atoms with van der Waals surface area (Å²) in [4.78, 5) is 11.1. The number of alkyl halides is 1. The minimum absolute atomic E-state index is 0.272. The molecule has 0 aliphatic rings. The van der Waals surface area contributed by atoms with Gasteiger partial charge in [0.1, 0.15) is 0 Å². The summed E-state index contributed by atoms with van der Waals surface area (Å²) in [5.41, 5.74) is 0. The molecule has 14 heavy (non-hydrogen) atoms. The zero-order chi connectivity index (χ0) is 11.0. The highest BCUT2D eigenvalue weighted by molar-refractivity contribution is 6.22. The molecule has 0 saturated heterocycles. The molecular weight excluding hydrogens is 204 g/mol. The zero-order valence-electron chi connectivity index (χ0n) is 8.83. The van der Waals surface area contributed by atoms with E-state index in [-0.39, 0.29) is 6.61 Å². The third-order valence-corrected chi connectivity index (χ3v) is 2.41. The maximum Gasteiger partial charge on any atom is 0.336 e. The molecule has 3 nitrogen and oxygen atoms in total. The summed E-state index contributed by atoms with van der Waals surface area (Å²) in [6.45, 7) is 4.06. The predicted molar refractivity (Wildman–Crippen MR) is 56.4 cm³/mol. The first kappa shape index (κ1) is 13.7. The number of rotatable bonds is 7. The van der Waals surface area contributed by atoms with Crippen molar-refractivity contribution < 1.29 is 14.6 Å². The average Bonchev–Trinajstić information content (AvgIpc) is 2.17. The fourth-order valence-corrected chi connectivity index (χ4v) is 1.38. The van der Waals surface area contributed by atoms with Gasteiger partial charge in [-0.2, -0.15) is 0 Å². The Morgan fingerprint density at radius 2 is 2.07 bits per heavy atom. The van der Waals surface area contributed by atoms with Crippen molar-refractivity contribution in [3.63, 3.8) is 0 Å². The predicted octanol–water partition coefficient (Wildman–Crippen LogP) is 2.10. The van der Waals surface area contributed by atoms with Crippen LogP contribution < -0.4 is 0 Å². The van der Waals surface area contributed by atoms with Gasteiger partial charge >= 0.3 is 5.97 Å². The van der Waals surface area contributed by atoms with Crippen LogP contribution in [0.2, 0.25) is 0 Å². The molecule has 0 aliphatic carbocycles. The van der Waals surface area contributed by atoms with E-state index < -0.39 is 17.5 Å². The molecular formula is C10H19ClO3. The molecule has 0 bridgehead atoms. The van der Waals surface area contributed by atoms with Gasteiger partial charge in [0.15, 0.2) is 6.10 Å². The molecule has 0 saturated carbocycles. The van der Waals surface area contributed by atoms with Crippen LogP contribution in [0, 0.1) is 0 Å². The van der Waals surface area contributed by atoms with Gasteiger partial charge in [-0.05, 0) is 13.3 Å². The molecule has 0 heterocycles. The zero-order valence-corrected chi connectivity index (χ0v) is 9.59. The molecule has 0 spiro atoms. The molecule has 0 aromatic heterocycles. The highest BCUT2D eigenvalue weighted by Crippen LogP contribution is 2.13. The second kappa shape index (κ2) is 8.06. The van der Waals surface area contributed by atoms with Crippen molar-refractivity contribution in [2.45, 2.75) is 51.0 Å². The summed E-state index contributed by atoms with van der Waals surface area (Å²) in [7, 11) is 0. The van der Waals surface area contributed by atoms with Crippen molar-refractivity contribution >= 4 is 17.6 Å². The van der Waals surface area contributed by atoms with Gasteiger partial charge in [0.25, 0.3) is 0 Å². The lowest BCUT2D eigenvalue weighted by Crippen LogP contribution is -2.32. The maximum atomic E-state index is 11.1. The van der Waals surface area contributed by atoms with E-state index in [0.717, 1.165) is 19.3 Å². The van der Waals surface area contributed by atoms with E-state index in [1.54, 1.807) is 6.92 Å². The largest absolute Gasteiger partial charge is 0.464 e. The van der Waals surface area contributed by atoms with Gasteiger partial charge < -0.3 is 9.84 Å². The van der Waals surface area contributed by atoms with Crippen LogP contribution in [0.1, 0.15) is 39.5 Å². The Balaban J connectivity index is 3.74. The summed E-state index contributed by atoms with van der Waals surface area (Å²) in [6.07, 6.45) is 2.56. The fraction of sp³-hybridized carbons (Fsp3) is 0.900. The molecule has 0 radical (unpaired) electrons.